The molecule has 0 aromatic carbocycles. The summed E-state index contributed by atoms with van der Waals surface area (Å²) < 4.78 is 36.4. The molecule has 17 heteroatoms. The largest absolute Gasteiger partial charge is 0.460 e. The van der Waals surface area contributed by atoms with Crippen LogP contribution in [-0.2, 0) is 59.0 Å². The first kappa shape index (κ1) is 57.9. The molecule has 4 aliphatic heterocycles. The molecule has 1 aromatic heterocycles. The predicted molar refractivity (Wildman–Crippen MR) is 269 cm³/mol. The van der Waals surface area contributed by atoms with Crippen molar-refractivity contribution < 1.29 is 67.7 Å². The maximum absolute atomic E-state index is 14.7. The van der Waals surface area contributed by atoms with Crippen molar-refractivity contribution in [3.63, 3.8) is 0 Å². The zero-order valence-electron chi connectivity index (χ0n) is 44.1. The van der Waals surface area contributed by atoms with Crippen LogP contribution in [0.5, 0.6) is 0 Å². The fraction of sp³-hybridized carbons (Fsp3) is 0.696. The van der Waals surface area contributed by atoms with Crippen LogP contribution in [0.15, 0.2) is 66.2 Å². The number of aromatic nitrogens is 2. The molecule has 4 bridgehead atoms. The summed E-state index contributed by atoms with van der Waals surface area (Å²) in [6, 6.07) is -1.16. The van der Waals surface area contributed by atoms with Crippen molar-refractivity contribution in [3.8, 4) is 0 Å². The standard InChI is InChI=1S/C56H81N3O14/c1-33-13-10-9-11-14-34(2)46(71-32-40-31-57-20-21-58-40)29-41-18-16-38(6)56(67,73-41)53(64)54(65)59-22-12-15-42-43(27-39-17-19-45(70-24-23-60)48(28-39)68-7)47(72-55(66)49(42)59)30-44(61)35(3)26-37(5)51(63)52(69-8)50(62)36(4)25-33/h9-11,13-14,20-21,26,31,33,35-36,38-39,41-43,45-49,51-52,60,63,67H,12,15-19,22-25,27-30,32H2,1-8H3/b11-9+,13-10+,34-14+,37-26+/t33-,35-,36-,38-,39+,41+,42-,43?,45-,46-,47+,48-,49?,51-,52+,56-/m1/s1. The van der Waals surface area contributed by atoms with Gasteiger partial charge in [0, 0.05) is 69.7 Å². The van der Waals surface area contributed by atoms with Crippen LogP contribution in [0, 0.1) is 41.4 Å². The quantitative estimate of drug-likeness (QED) is 0.143. The Kier molecular flexibility index (Phi) is 21.4. The number of ether oxygens (including phenoxy) is 6. The molecule has 6 rings (SSSR count). The van der Waals surface area contributed by atoms with Gasteiger partial charge in [-0.05, 0) is 101 Å². The van der Waals surface area contributed by atoms with Gasteiger partial charge in [0.15, 0.2) is 5.78 Å². The molecule has 404 valence electrons. The molecular formula is C56H81N3O14. The van der Waals surface area contributed by atoms with Crippen molar-refractivity contribution in [3.05, 3.63) is 71.9 Å². The van der Waals surface area contributed by atoms with Crippen molar-refractivity contribution in [1.29, 1.82) is 0 Å². The molecule has 17 nitrogen and oxygen atoms in total. The maximum Gasteiger partial charge on any atom is 0.329 e. The number of aliphatic hydroxyl groups is 3. The van der Waals surface area contributed by atoms with Crippen molar-refractivity contribution in [2.75, 3.05) is 34.0 Å². The summed E-state index contributed by atoms with van der Waals surface area (Å²) in [6.07, 6.45) is 15.8. The highest BCUT2D eigenvalue weighted by atomic mass is 16.6. The number of methoxy groups -OCH3 is 2. The van der Waals surface area contributed by atoms with Crippen LogP contribution >= 0.6 is 0 Å². The van der Waals surface area contributed by atoms with E-state index in [4.69, 9.17) is 28.4 Å². The molecule has 2 unspecified atom stereocenters. The fourth-order valence-electron chi connectivity index (χ4n) is 11.8. The molecule has 16 atom stereocenters. The smallest absolute Gasteiger partial charge is 0.329 e. The number of allylic oxidation sites excluding steroid dienone is 6. The van der Waals surface area contributed by atoms with Crippen LogP contribution < -0.4 is 0 Å². The number of Topliss-reactive ketones (excluding diaryl/α,β-unsaturated/α-hetero) is 3. The van der Waals surface area contributed by atoms with Gasteiger partial charge in [-0.1, -0.05) is 64.2 Å². The molecule has 5 aliphatic rings. The molecule has 0 radical (unpaired) electrons. The Balaban J connectivity index is 1.35. The van der Waals surface area contributed by atoms with Gasteiger partial charge in [-0.2, -0.15) is 0 Å². The molecule has 4 fully saturated rings. The fourth-order valence-corrected chi connectivity index (χ4v) is 11.8. The van der Waals surface area contributed by atoms with Crippen LogP contribution in [0.1, 0.15) is 118 Å². The van der Waals surface area contributed by atoms with Crippen LogP contribution in [0.4, 0.5) is 0 Å². The van der Waals surface area contributed by atoms with E-state index in [1.807, 2.05) is 51.2 Å². The van der Waals surface area contributed by atoms with E-state index in [1.54, 1.807) is 52.5 Å². The van der Waals surface area contributed by atoms with Gasteiger partial charge in [0.2, 0.25) is 5.79 Å². The average Bonchev–Trinajstić information content (AvgIpc) is 3.38. The minimum atomic E-state index is -2.50. The Morgan fingerprint density at radius 2 is 1.66 bits per heavy atom. The van der Waals surface area contributed by atoms with Crippen molar-refractivity contribution in [2.24, 2.45) is 41.4 Å². The van der Waals surface area contributed by atoms with E-state index in [0.717, 1.165) is 12.0 Å². The van der Waals surface area contributed by atoms with Crippen LogP contribution in [0.3, 0.4) is 0 Å². The monoisotopic (exact) mass is 1020 g/mol. The van der Waals surface area contributed by atoms with E-state index >= 15 is 0 Å². The number of rotatable bonds is 10. The Hall–Kier alpha value is -4.33. The van der Waals surface area contributed by atoms with Crippen LogP contribution in [0.25, 0.3) is 0 Å². The molecule has 1 amide bonds. The topological polar surface area (TPSA) is 230 Å². The number of hydrogen-bond donors (Lipinski definition) is 3. The van der Waals surface area contributed by atoms with E-state index in [-0.39, 0.29) is 74.8 Å². The lowest BCUT2D eigenvalue weighted by Crippen LogP contribution is -2.65. The van der Waals surface area contributed by atoms with Gasteiger partial charge in [0.1, 0.15) is 30.1 Å². The van der Waals surface area contributed by atoms with Gasteiger partial charge in [-0.3, -0.25) is 29.1 Å². The first-order valence-corrected chi connectivity index (χ1v) is 26.4. The van der Waals surface area contributed by atoms with E-state index in [0.29, 0.717) is 62.6 Å². The summed E-state index contributed by atoms with van der Waals surface area (Å²) >= 11 is 0. The third-order valence-electron chi connectivity index (χ3n) is 16.1. The summed E-state index contributed by atoms with van der Waals surface area (Å²) in [5.74, 6) is -8.75. The number of esters is 1. The summed E-state index contributed by atoms with van der Waals surface area (Å²) in [6.45, 7) is 11.0. The molecule has 3 saturated heterocycles. The highest BCUT2D eigenvalue weighted by molar-refractivity contribution is 6.39. The molecule has 73 heavy (non-hydrogen) atoms. The van der Waals surface area contributed by atoms with E-state index in [1.165, 1.54) is 12.0 Å². The van der Waals surface area contributed by atoms with Crippen LogP contribution in [0.2, 0.25) is 0 Å². The predicted octanol–water partition coefficient (Wildman–Crippen LogP) is 5.78. The SMILES string of the molecule is CO[C@@H]1C[C@H](CC2[C@H]3CCCN4C(=O)C(=O)[C@]5(O)O[C@@H](CC[C@H]5C)C[C@@H](OCc5cnccn5)/C(C)=C/C=C/C=C/[C@@H](C)C[C@@H](C)C(=O)[C@H](OC)[C@H](O)/C(C)=C/[C@@H](C)C(=O)C[C@@H]2OC(=O)C34)CC[C@H]1OCCO. The van der Waals surface area contributed by atoms with E-state index < -0.39 is 89.6 Å². The molecule has 1 saturated carbocycles. The highest BCUT2D eigenvalue weighted by Crippen LogP contribution is 2.45. The molecule has 3 N–H and O–H groups in total. The first-order chi connectivity index (χ1) is 34.9. The zero-order chi connectivity index (χ0) is 53.0. The average molecular weight is 1020 g/mol. The van der Waals surface area contributed by atoms with Crippen molar-refractivity contribution >= 4 is 29.2 Å². The second kappa shape index (κ2) is 26.9. The van der Waals surface area contributed by atoms with Gasteiger partial charge >= 0.3 is 5.97 Å². The lowest BCUT2D eigenvalue weighted by Gasteiger charge is -2.50. The number of carbonyl (C=O) groups excluding carboxylic acids is 5. The van der Waals surface area contributed by atoms with Crippen molar-refractivity contribution in [1.82, 2.24) is 14.9 Å². The third kappa shape index (κ3) is 14.5. The Morgan fingerprint density at radius 3 is 2.37 bits per heavy atom. The Morgan fingerprint density at radius 1 is 0.877 bits per heavy atom. The second-order valence-electron chi connectivity index (χ2n) is 21.4. The number of nitrogens with zero attached hydrogens (tertiary/aromatic N) is 3. The van der Waals surface area contributed by atoms with E-state index in [9.17, 15) is 39.3 Å². The minimum absolute atomic E-state index is 0.0116. The lowest BCUT2D eigenvalue weighted by atomic mass is 9.68. The molecule has 0 spiro atoms. The lowest BCUT2D eigenvalue weighted by molar-refractivity contribution is -0.266. The van der Waals surface area contributed by atoms with Gasteiger partial charge in [0.05, 0.1) is 56.1 Å². The Bertz CT molecular complexity index is 2160. The number of aliphatic hydroxyl groups excluding tert-OH is 2. The first-order valence-electron chi connectivity index (χ1n) is 26.4. The number of amides is 1. The van der Waals surface area contributed by atoms with E-state index in [2.05, 4.69) is 9.97 Å². The zero-order valence-corrected chi connectivity index (χ0v) is 44.1. The number of carbonyl (C=O) groups is 5. The number of ketones is 3. The maximum atomic E-state index is 14.7. The number of fused-ring (bicyclic) bond motifs is 4. The number of piperidine rings is 1. The molecule has 1 aliphatic carbocycles. The third-order valence-corrected chi connectivity index (χ3v) is 16.1. The molecule has 1 aromatic rings. The highest BCUT2D eigenvalue weighted by Gasteiger charge is 2.57. The summed E-state index contributed by atoms with van der Waals surface area (Å²) in [5.41, 5.74) is 1.82. The summed E-state index contributed by atoms with van der Waals surface area (Å²) in [7, 11) is 3.00. The van der Waals surface area contributed by atoms with Crippen molar-refractivity contribution in [2.45, 2.75) is 173 Å². The second-order valence-corrected chi connectivity index (χ2v) is 21.4. The summed E-state index contributed by atoms with van der Waals surface area (Å²) in [5, 5.41) is 33.3. The molecular weight excluding hydrogens is 939 g/mol. The van der Waals surface area contributed by atoms with Crippen LogP contribution in [-0.4, -0.2) is 148 Å². The van der Waals surface area contributed by atoms with Gasteiger partial charge in [-0.25, -0.2) is 4.79 Å². The normalized spacial score (nSPS) is 39.2. The number of hydrogen-bond acceptors (Lipinski definition) is 16. The Labute approximate surface area is 431 Å². The van der Waals surface area contributed by atoms with Gasteiger partial charge in [0.25, 0.3) is 11.7 Å². The van der Waals surface area contributed by atoms with Gasteiger partial charge < -0.3 is 48.6 Å². The summed E-state index contributed by atoms with van der Waals surface area (Å²) in [4.78, 5) is 81.7. The van der Waals surface area contributed by atoms with Gasteiger partial charge in [-0.15, -0.1) is 0 Å². The minimum Gasteiger partial charge on any atom is -0.460 e. The molecule has 5 heterocycles.